The van der Waals surface area contributed by atoms with Gasteiger partial charge in [0, 0.05) is 5.56 Å². The lowest BCUT2D eigenvalue weighted by molar-refractivity contribution is 0.594. The van der Waals surface area contributed by atoms with E-state index in [1.54, 1.807) is 12.3 Å². The smallest absolute Gasteiger partial charge is 0.262 e. The number of nitrogens with one attached hydrogen (secondary N) is 1. The molecule has 0 saturated heterocycles. The second-order valence-corrected chi connectivity index (χ2v) is 6.48. The molecule has 23 heavy (non-hydrogen) atoms. The first-order valence-corrected chi connectivity index (χ1v) is 7.91. The predicted molar refractivity (Wildman–Crippen MR) is 79.6 cm³/mol. The summed E-state index contributed by atoms with van der Waals surface area (Å²) in [6.45, 7) is 1.83. The van der Waals surface area contributed by atoms with Gasteiger partial charge in [0.15, 0.2) is 5.65 Å². The van der Waals surface area contributed by atoms with Crippen LogP contribution in [-0.4, -0.2) is 23.0 Å². The van der Waals surface area contributed by atoms with E-state index < -0.39 is 15.8 Å². The van der Waals surface area contributed by atoms with Gasteiger partial charge in [0.2, 0.25) is 0 Å². The average molecular weight is 331 g/mol. The monoisotopic (exact) mass is 331 g/mol. The minimum atomic E-state index is -4.00. The zero-order valence-electron chi connectivity index (χ0n) is 11.9. The molecule has 1 aromatic carbocycles. The van der Waals surface area contributed by atoms with E-state index in [2.05, 4.69) is 14.8 Å². The molecule has 0 spiro atoms. The topological polar surface area (TPSA) is 100 Å². The molecule has 0 fully saturated rings. The second-order valence-electron chi connectivity index (χ2n) is 4.80. The molecule has 0 aliphatic rings. The van der Waals surface area contributed by atoms with Crippen molar-refractivity contribution in [2.75, 3.05) is 4.72 Å². The molecule has 3 aromatic rings. The van der Waals surface area contributed by atoms with Crippen LogP contribution in [0.15, 0.2) is 41.7 Å². The molecule has 0 aliphatic heterocycles. The van der Waals surface area contributed by atoms with Crippen molar-refractivity contribution in [1.29, 1.82) is 5.26 Å². The third kappa shape index (κ3) is 2.72. The van der Waals surface area contributed by atoms with Crippen LogP contribution in [0.25, 0.3) is 5.65 Å². The summed E-state index contributed by atoms with van der Waals surface area (Å²) in [5, 5.41) is 12.7. The molecule has 0 atom stereocenters. The average Bonchev–Trinajstić information content (AvgIpc) is 2.87. The lowest BCUT2D eigenvalue weighted by atomic mass is 10.2. The minimum absolute atomic E-state index is 0.186. The fraction of sp³-hybridized carbons (Fsp3) is 0.0714. The van der Waals surface area contributed by atoms with Gasteiger partial charge in [-0.05, 0) is 25.1 Å². The van der Waals surface area contributed by atoms with Crippen molar-refractivity contribution >= 4 is 21.4 Å². The Balaban J connectivity index is 1.96. The summed E-state index contributed by atoms with van der Waals surface area (Å²) < 4.78 is 41.9. The summed E-state index contributed by atoms with van der Waals surface area (Å²) >= 11 is 0. The Bertz CT molecular complexity index is 1050. The second kappa shape index (κ2) is 5.33. The maximum absolute atomic E-state index is 13.6. The highest BCUT2D eigenvalue weighted by Gasteiger charge is 2.17. The van der Waals surface area contributed by atoms with Crippen LogP contribution in [0, 0.1) is 24.1 Å². The molecular weight excluding hydrogens is 321 g/mol. The van der Waals surface area contributed by atoms with Gasteiger partial charge in [-0.1, -0.05) is 0 Å². The van der Waals surface area contributed by atoms with Crippen molar-refractivity contribution in [2.24, 2.45) is 0 Å². The highest BCUT2D eigenvalue weighted by atomic mass is 32.2. The number of aryl methyl sites for hydroxylation is 1. The quantitative estimate of drug-likeness (QED) is 0.789. The number of rotatable bonds is 3. The van der Waals surface area contributed by atoms with Crippen molar-refractivity contribution in [2.45, 2.75) is 11.8 Å². The first kappa shape index (κ1) is 14.9. The molecule has 2 heterocycles. The molecule has 0 bridgehead atoms. The SMILES string of the molecule is Cc1cnn2cc(NS(=O)(=O)c3ccc(C#N)c(F)c3)cnc12. The van der Waals surface area contributed by atoms with E-state index in [9.17, 15) is 12.8 Å². The number of fused-ring (bicyclic) bond motifs is 1. The van der Waals surface area contributed by atoms with Gasteiger partial charge in [0.25, 0.3) is 10.0 Å². The molecule has 0 unspecified atom stereocenters. The lowest BCUT2D eigenvalue weighted by Gasteiger charge is -2.08. The number of aromatic nitrogens is 3. The van der Waals surface area contributed by atoms with E-state index >= 15 is 0 Å². The maximum Gasteiger partial charge on any atom is 0.262 e. The van der Waals surface area contributed by atoms with Crippen LogP contribution < -0.4 is 4.72 Å². The highest BCUT2D eigenvalue weighted by molar-refractivity contribution is 7.92. The number of anilines is 1. The van der Waals surface area contributed by atoms with Crippen LogP contribution in [0.4, 0.5) is 10.1 Å². The van der Waals surface area contributed by atoms with Crippen LogP contribution >= 0.6 is 0 Å². The summed E-state index contributed by atoms with van der Waals surface area (Å²) in [6.07, 6.45) is 4.42. The molecular formula is C14H10FN5O2S. The Hall–Kier alpha value is -2.99. The van der Waals surface area contributed by atoms with Crippen LogP contribution in [0.3, 0.4) is 0 Å². The van der Waals surface area contributed by atoms with Gasteiger partial charge in [-0.3, -0.25) is 4.72 Å². The summed E-state index contributed by atoms with van der Waals surface area (Å²) in [7, 11) is -4.00. The molecule has 0 amide bonds. The van der Waals surface area contributed by atoms with E-state index in [1.807, 2.05) is 6.92 Å². The van der Waals surface area contributed by atoms with Crippen molar-refractivity contribution in [3.63, 3.8) is 0 Å². The molecule has 9 heteroatoms. The molecule has 1 N–H and O–H groups in total. The van der Waals surface area contributed by atoms with Gasteiger partial charge in [0.1, 0.15) is 11.9 Å². The zero-order chi connectivity index (χ0) is 16.6. The van der Waals surface area contributed by atoms with Gasteiger partial charge in [-0.25, -0.2) is 22.3 Å². The zero-order valence-corrected chi connectivity index (χ0v) is 12.7. The van der Waals surface area contributed by atoms with Gasteiger partial charge in [-0.15, -0.1) is 0 Å². The number of nitriles is 1. The molecule has 0 aliphatic carbocycles. The Labute approximate surface area is 131 Å². The molecule has 0 saturated carbocycles. The molecule has 3 rings (SSSR count). The van der Waals surface area contributed by atoms with Crippen molar-refractivity contribution in [1.82, 2.24) is 14.6 Å². The fourth-order valence-corrected chi connectivity index (χ4v) is 3.05. The predicted octanol–water partition coefficient (Wildman–Crippen LogP) is 1.85. The van der Waals surface area contributed by atoms with E-state index in [-0.39, 0.29) is 16.1 Å². The summed E-state index contributed by atoms with van der Waals surface area (Å²) in [6, 6.07) is 4.70. The number of sulfonamides is 1. The van der Waals surface area contributed by atoms with Crippen molar-refractivity contribution in [3.8, 4) is 6.07 Å². The maximum atomic E-state index is 13.6. The third-order valence-electron chi connectivity index (χ3n) is 3.16. The minimum Gasteiger partial charge on any atom is -0.276 e. The van der Waals surface area contributed by atoms with Gasteiger partial charge in [0.05, 0.1) is 34.7 Å². The number of nitrogens with zero attached hydrogens (tertiary/aromatic N) is 4. The van der Waals surface area contributed by atoms with E-state index in [1.165, 1.54) is 16.9 Å². The number of halogens is 1. The first-order chi connectivity index (χ1) is 10.9. The van der Waals surface area contributed by atoms with Gasteiger partial charge < -0.3 is 0 Å². The van der Waals surface area contributed by atoms with E-state index in [0.29, 0.717) is 5.65 Å². The molecule has 2 aromatic heterocycles. The normalized spacial score (nSPS) is 11.3. The Kier molecular flexibility index (Phi) is 3.46. The van der Waals surface area contributed by atoms with Crippen molar-refractivity contribution < 1.29 is 12.8 Å². The van der Waals surface area contributed by atoms with Crippen LogP contribution in [0.2, 0.25) is 0 Å². The van der Waals surface area contributed by atoms with Crippen molar-refractivity contribution in [3.05, 3.63) is 53.7 Å². The van der Waals surface area contributed by atoms with Crippen LogP contribution in [-0.2, 0) is 10.0 Å². The standard InChI is InChI=1S/C14H10FN5O2S/c1-9-6-18-20-8-11(7-17-14(9)20)19-23(21,22)12-3-2-10(5-16)13(15)4-12/h2-4,6-8,19H,1H3. The third-order valence-corrected chi connectivity index (χ3v) is 4.54. The summed E-state index contributed by atoms with van der Waals surface area (Å²) in [4.78, 5) is 3.83. The number of benzene rings is 1. The molecule has 0 radical (unpaired) electrons. The summed E-state index contributed by atoms with van der Waals surface area (Å²) in [5.74, 6) is -0.897. The van der Waals surface area contributed by atoms with Gasteiger partial charge >= 0.3 is 0 Å². The largest absolute Gasteiger partial charge is 0.276 e. The lowest BCUT2D eigenvalue weighted by Crippen LogP contribution is -2.14. The Morgan fingerprint density at radius 1 is 1.35 bits per heavy atom. The van der Waals surface area contributed by atoms with Crippen LogP contribution in [0.5, 0.6) is 0 Å². The Morgan fingerprint density at radius 2 is 2.13 bits per heavy atom. The summed E-state index contributed by atoms with van der Waals surface area (Å²) in [5.41, 5.74) is 1.43. The van der Waals surface area contributed by atoms with Gasteiger partial charge in [-0.2, -0.15) is 10.4 Å². The van der Waals surface area contributed by atoms with Crippen LogP contribution in [0.1, 0.15) is 11.1 Å². The Morgan fingerprint density at radius 3 is 2.83 bits per heavy atom. The highest BCUT2D eigenvalue weighted by Crippen LogP contribution is 2.18. The number of hydrogen-bond acceptors (Lipinski definition) is 5. The van der Waals surface area contributed by atoms with E-state index in [4.69, 9.17) is 5.26 Å². The van der Waals surface area contributed by atoms with E-state index in [0.717, 1.165) is 23.8 Å². The molecule has 7 nitrogen and oxygen atoms in total. The molecule has 116 valence electrons. The first-order valence-electron chi connectivity index (χ1n) is 6.43. The fourth-order valence-electron chi connectivity index (χ4n) is 2.01. The number of hydrogen-bond donors (Lipinski definition) is 1.